The van der Waals surface area contributed by atoms with Gasteiger partial charge in [-0.1, -0.05) is 20.8 Å². The lowest BCUT2D eigenvalue weighted by Gasteiger charge is -2.11. The van der Waals surface area contributed by atoms with E-state index in [1.165, 1.54) is 6.92 Å². The van der Waals surface area contributed by atoms with Crippen LogP contribution in [0.1, 0.15) is 33.6 Å². The number of carbonyl (C=O) groups is 3. The largest absolute Gasteiger partial charge is 0.440 e. The summed E-state index contributed by atoms with van der Waals surface area (Å²) in [6, 6.07) is 5.16. The van der Waals surface area contributed by atoms with E-state index in [1.807, 2.05) is 20.8 Å². The Hall–Kier alpha value is -2.90. The molecule has 3 N–H and O–H groups in total. The van der Waals surface area contributed by atoms with Crippen molar-refractivity contribution < 1.29 is 18.8 Å². The Kier molecular flexibility index (Phi) is 5.41. The van der Waals surface area contributed by atoms with Gasteiger partial charge in [-0.15, -0.1) is 0 Å². The van der Waals surface area contributed by atoms with Crippen molar-refractivity contribution in [3.05, 3.63) is 24.1 Å². The molecule has 134 valence electrons. The van der Waals surface area contributed by atoms with Crippen LogP contribution in [-0.2, 0) is 19.8 Å². The third-order valence-electron chi connectivity index (χ3n) is 3.26. The minimum absolute atomic E-state index is 0.164. The van der Waals surface area contributed by atoms with E-state index in [9.17, 15) is 14.4 Å². The molecule has 0 fully saturated rings. The molecule has 2 rings (SSSR count). The molecule has 0 unspecified atom stereocenters. The van der Waals surface area contributed by atoms with Crippen molar-refractivity contribution in [1.82, 2.24) is 15.6 Å². The van der Waals surface area contributed by atoms with E-state index in [-0.39, 0.29) is 30.3 Å². The smallest absolute Gasteiger partial charge is 0.243 e. The predicted octanol–water partition coefficient (Wildman–Crippen LogP) is 1.32. The van der Waals surface area contributed by atoms with Gasteiger partial charge < -0.3 is 20.4 Å². The highest BCUT2D eigenvalue weighted by atomic mass is 16.3. The number of rotatable bonds is 5. The second-order valence-corrected chi connectivity index (χ2v) is 6.69. The lowest BCUT2D eigenvalue weighted by molar-refractivity contribution is -0.126. The summed E-state index contributed by atoms with van der Waals surface area (Å²) in [7, 11) is 0. The first-order valence-corrected chi connectivity index (χ1v) is 7.87. The lowest BCUT2D eigenvalue weighted by atomic mass is 9.97. The van der Waals surface area contributed by atoms with Gasteiger partial charge in [0.25, 0.3) is 0 Å². The Morgan fingerprint density at radius 2 is 1.76 bits per heavy atom. The zero-order valence-corrected chi connectivity index (χ0v) is 14.7. The summed E-state index contributed by atoms with van der Waals surface area (Å²) in [4.78, 5) is 38.5. The summed E-state index contributed by atoms with van der Waals surface area (Å²) in [5.41, 5.74) is 1.65. The van der Waals surface area contributed by atoms with Crippen LogP contribution >= 0.6 is 0 Å². The highest BCUT2D eigenvalue weighted by Crippen LogP contribution is 2.27. The van der Waals surface area contributed by atoms with Crippen molar-refractivity contribution >= 4 is 34.5 Å². The average molecular weight is 346 g/mol. The fourth-order valence-electron chi connectivity index (χ4n) is 1.98. The quantitative estimate of drug-likeness (QED) is 0.755. The molecule has 0 aliphatic carbocycles. The number of nitrogens with zero attached hydrogens (tertiary/aromatic N) is 1. The molecule has 1 heterocycles. The van der Waals surface area contributed by atoms with Crippen LogP contribution in [0.3, 0.4) is 0 Å². The van der Waals surface area contributed by atoms with Crippen molar-refractivity contribution in [3.8, 4) is 0 Å². The molecule has 0 aliphatic rings. The fraction of sp³-hybridized carbons (Fsp3) is 0.412. The number of oxazole rings is 1. The van der Waals surface area contributed by atoms with Crippen molar-refractivity contribution in [2.24, 2.45) is 0 Å². The van der Waals surface area contributed by atoms with Crippen molar-refractivity contribution in [3.63, 3.8) is 0 Å². The molecular weight excluding hydrogens is 324 g/mol. The SMILES string of the molecule is CC(=O)NCC(=O)NCC(=O)Nc1ccc2oc(C(C)(C)C)nc2c1. The van der Waals surface area contributed by atoms with Crippen LogP contribution in [-0.4, -0.2) is 35.8 Å². The van der Waals surface area contributed by atoms with Gasteiger partial charge in [0.2, 0.25) is 23.6 Å². The summed E-state index contributed by atoms with van der Waals surface area (Å²) in [5, 5.41) is 7.45. The van der Waals surface area contributed by atoms with E-state index in [4.69, 9.17) is 4.42 Å². The number of hydrogen-bond acceptors (Lipinski definition) is 5. The zero-order chi connectivity index (χ0) is 18.6. The maximum Gasteiger partial charge on any atom is 0.243 e. The molecule has 1 aromatic carbocycles. The molecule has 3 amide bonds. The summed E-state index contributed by atoms with van der Waals surface area (Å²) >= 11 is 0. The van der Waals surface area contributed by atoms with Crippen LogP contribution in [0.4, 0.5) is 5.69 Å². The van der Waals surface area contributed by atoms with Gasteiger partial charge in [0, 0.05) is 18.0 Å². The minimum Gasteiger partial charge on any atom is -0.440 e. The van der Waals surface area contributed by atoms with Gasteiger partial charge in [-0.25, -0.2) is 4.98 Å². The number of aromatic nitrogens is 1. The molecule has 25 heavy (non-hydrogen) atoms. The van der Waals surface area contributed by atoms with Crippen LogP contribution < -0.4 is 16.0 Å². The maximum absolute atomic E-state index is 11.9. The number of nitrogens with one attached hydrogen (secondary N) is 3. The monoisotopic (exact) mass is 346 g/mol. The highest BCUT2D eigenvalue weighted by Gasteiger charge is 2.21. The Morgan fingerprint density at radius 3 is 2.40 bits per heavy atom. The molecule has 8 nitrogen and oxygen atoms in total. The first-order chi connectivity index (χ1) is 11.6. The molecule has 1 aromatic heterocycles. The summed E-state index contributed by atoms with van der Waals surface area (Å²) < 4.78 is 5.70. The van der Waals surface area contributed by atoms with Gasteiger partial charge >= 0.3 is 0 Å². The summed E-state index contributed by atoms with van der Waals surface area (Å²) in [6.45, 7) is 6.97. The van der Waals surface area contributed by atoms with Crippen LogP contribution in [0.5, 0.6) is 0 Å². The number of hydrogen-bond donors (Lipinski definition) is 3. The van der Waals surface area contributed by atoms with E-state index < -0.39 is 5.91 Å². The molecule has 8 heteroatoms. The van der Waals surface area contributed by atoms with Crippen LogP contribution in [0.15, 0.2) is 22.6 Å². The van der Waals surface area contributed by atoms with Gasteiger partial charge in [0.15, 0.2) is 5.58 Å². The summed E-state index contributed by atoms with van der Waals surface area (Å²) in [6.07, 6.45) is 0. The van der Waals surface area contributed by atoms with E-state index in [0.29, 0.717) is 22.7 Å². The molecular formula is C17H22N4O4. The molecule has 0 saturated heterocycles. The lowest BCUT2D eigenvalue weighted by Crippen LogP contribution is -2.39. The fourth-order valence-corrected chi connectivity index (χ4v) is 1.98. The van der Waals surface area contributed by atoms with Gasteiger partial charge in [0.1, 0.15) is 5.52 Å². The van der Waals surface area contributed by atoms with E-state index >= 15 is 0 Å². The Balaban J connectivity index is 1.94. The van der Waals surface area contributed by atoms with Gasteiger partial charge in [-0.2, -0.15) is 0 Å². The third kappa shape index (κ3) is 5.30. The molecule has 2 aromatic rings. The molecule has 0 aliphatic heterocycles. The standard InChI is InChI=1S/C17H22N4O4/c1-10(22)18-8-14(23)19-9-15(24)20-11-5-6-13-12(7-11)21-16(25-13)17(2,3)4/h5-7H,8-9H2,1-4H3,(H,18,22)(H,19,23)(H,20,24). The molecule has 0 saturated carbocycles. The number of carbonyl (C=O) groups excluding carboxylic acids is 3. The molecule has 0 radical (unpaired) electrons. The Bertz CT molecular complexity index is 805. The Morgan fingerprint density at radius 1 is 1.08 bits per heavy atom. The number of anilines is 1. The molecule has 0 spiro atoms. The topological polar surface area (TPSA) is 113 Å². The maximum atomic E-state index is 11.9. The van der Waals surface area contributed by atoms with E-state index in [1.54, 1.807) is 18.2 Å². The van der Waals surface area contributed by atoms with Crippen molar-refractivity contribution in [2.75, 3.05) is 18.4 Å². The normalized spacial score (nSPS) is 11.2. The Labute approximate surface area is 145 Å². The number of fused-ring (bicyclic) bond motifs is 1. The third-order valence-corrected chi connectivity index (χ3v) is 3.26. The molecule has 0 atom stereocenters. The zero-order valence-electron chi connectivity index (χ0n) is 14.7. The highest BCUT2D eigenvalue weighted by molar-refractivity contribution is 5.96. The second-order valence-electron chi connectivity index (χ2n) is 6.69. The van der Waals surface area contributed by atoms with Crippen LogP contribution in [0.2, 0.25) is 0 Å². The summed E-state index contributed by atoms with van der Waals surface area (Å²) in [5.74, 6) is -0.506. The first-order valence-electron chi connectivity index (χ1n) is 7.87. The molecule has 0 bridgehead atoms. The van der Waals surface area contributed by atoms with Crippen molar-refractivity contribution in [2.45, 2.75) is 33.1 Å². The minimum atomic E-state index is -0.438. The average Bonchev–Trinajstić information content (AvgIpc) is 2.94. The second kappa shape index (κ2) is 7.33. The van der Waals surface area contributed by atoms with Gasteiger partial charge in [-0.05, 0) is 18.2 Å². The van der Waals surface area contributed by atoms with Gasteiger partial charge in [-0.3, -0.25) is 14.4 Å². The van der Waals surface area contributed by atoms with Crippen molar-refractivity contribution in [1.29, 1.82) is 0 Å². The predicted molar refractivity (Wildman–Crippen MR) is 93.0 cm³/mol. The number of benzene rings is 1. The van der Waals surface area contributed by atoms with Crippen LogP contribution in [0.25, 0.3) is 11.1 Å². The number of amides is 3. The first kappa shape index (κ1) is 18.4. The van der Waals surface area contributed by atoms with Crippen LogP contribution in [0, 0.1) is 0 Å². The van der Waals surface area contributed by atoms with E-state index in [0.717, 1.165) is 0 Å². The van der Waals surface area contributed by atoms with E-state index in [2.05, 4.69) is 20.9 Å². The van der Waals surface area contributed by atoms with Gasteiger partial charge in [0.05, 0.1) is 13.1 Å².